The van der Waals surface area contributed by atoms with Crippen LogP contribution in [0.4, 0.5) is 4.39 Å². The van der Waals surface area contributed by atoms with E-state index in [0.717, 1.165) is 0 Å². The number of carbonyl (C=O) groups excluding carboxylic acids is 1. The summed E-state index contributed by atoms with van der Waals surface area (Å²) < 4.78 is 26.6. The number of thiazole rings is 1. The number of hydrogen-bond donors (Lipinski definition) is 0. The van der Waals surface area contributed by atoms with E-state index in [1.165, 1.54) is 28.0 Å². The molecule has 1 aliphatic rings. The van der Waals surface area contributed by atoms with Gasteiger partial charge in [-0.15, -0.1) is 0 Å². The molecule has 9 heteroatoms. The molecule has 0 bridgehead atoms. The van der Waals surface area contributed by atoms with E-state index in [4.69, 9.17) is 9.15 Å². The highest BCUT2D eigenvalue weighted by Gasteiger charge is 2.33. The Morgan fingerprint density at radius 1 is 1.33 bits per heavy atom. The number of hydrogen-bond acceptors (Lipinski definition) is 6. The quantitative estimate of drug-likeness (QED) is 0.526. The summed E-state index contributed by atoms with van der Waals surface area (Å²) in [5.74, 6) is -0.461. The predicted molar refractivity (Wildman–Crippen MR) is 113 cm³/mol. The van der Waals surface area contributed by atoms with E-state index in [1.807, 2.05) is 0 Å². The van der Waals surface area contributed by atoms with Crippen molar-refractivity contribution < 1.29 is 18.3 Å². The van der Waals surface area contributed by atoms with Crippen molar-refractivity contribution in [2.45, 2.75) is 19.9 Å². The van der Waals surface area contributed by atoms with E-state index in [1.54, 1.807) is 44.2 Å². The summed E-state index contributed by atoms with van der Waals surface area (Å²) in [5, 5.41) is 0. The number of benzene rings is 1. The minimum atomic E-state index is -0.772. The smallest absolute Gasteiger partial charge is 0.338 e. The molecule has 0 spiro atoms. The number of allylic oxidation sites excluding steroid dienone is 1. The molecule has 0 amide bonds. The first kappa shape index (κ1) is 20.5. The van der Waals surface area contributed by atoms with Crippen molar-refractivity contribution in [3.05, 3.63) is 89.2 Å². The van der Waals surface area contributed by atoms with Crippen LogP contribution < -0.4 is 14.9 Å². The predicted octanol–water partition coefficient (Wildman–Crippen LogP) is 3.29. The number of carbonyl (C=O) groups is 1. The fourth-order valence-electron chi connectivity index (χ4n) is 3.29. The average Bonchev–Trinajstić information content (AvgIpc) is 3.24. The Balaban J connectivity index is 1.96. The minimum absolute atomic E-state index is 0.184. The standard InChI is InChI=1S/C21H16BrFN2O4S/c1-3-28-20(27)17-11(2)24-21-25(18(17)12-4-6-13(23)7-5-12)19(26)15(30-21)10-14-8-9-16(22)29-14/h4-10,18H,3H2,1-2H3/b15-10-/t18-/m0/s1. The third-order valence-corrected chi connectivity index (χ3v) is 5.98. The van der Waals surface area contributed by atoms with E-state index >= 15 is 0 Å². The summed E-state index contributed by atoms with van der Waals surface area (Å²) in [6, 6.07) is 8.39. The molecule has 6 nitrogen and oxygen atoms in total. The molecule has 1 aliphatic heterocycles. The molecule has 0 unspecified atom stereocenters. The number of halogens is 2. The lowest BCUT2D eigenvalue weighted by Gasteiger charge is -2.24. The summed E-state index contributed by atoms with van der Waals surface area (Å²) >= 11 is 4.43. The van der Waals surface area contributed by atoms with Gasteiger partial charge in [0, 0.05) is 6.08 Å². The molecule has 4 rings (SSSR count). The van der Waals surface area contributed by atoms with Crippen molar-refractivity contribution in [1.29, 1.82) is 0 Å². The van der Waals surface area contributed by atoms with Gasteiger partial charge < -0.3 is 9.15 Å². The third-order valence-electron chi connectivity index (χ3n) is 4.57. The van der Waals surface area contributed by atoms with Crippen LogP contribution in [0.5, 0.6) is 0 Å². The fourth-order valence-corrected chi connectivity index (χ4v) is 4.63. The second-order valence-corrected chi connectivity index (χ2v) is 8.29. The van der Waals surface area contributed by atoms with Crippen molar-refractivity contribution in [3.8, 4) is 0 Å². The topological polar surface area (TPSA) is 73.8 Å². The summed E-state index contributed by atoms with van der Waals surface area (Å²) in [5.41, 5.74) is 0.969. The van der Waals surface area contributed by atoms with Crippen LogP contribution in [0, 0.1) is 5.82 Å². The normalized spacial score (nSPS) is 16.4. The molecule has 2 aromatic heterocycles. The van der Waals surface area contributed by atoms with Crippen molar-refractivity contribution in [3.63, 3.8) is 0 Å². The summed E-state index contributed by atoms with van der Waals surface area (Å²) in [6.45, 7) is 3.59. The van der Waals surface area contributed by atoms with E-state index in [-0.39, 0.29) is 17.7 Å². The monoisotopic (exact) mass is 490 g/mol. The Morgan fingerprint density at radius 2 is 2.07 bits per heavy atom. The molecule has 1 aromatic carbocycles. The van der Waals surface area contributed by atoms with E-state index in [0.29, 0.717) is 31.0 Å². The van der Waals surface area contributed by atoms with Crippen molar-refractivity contribution in [2.24, 2.45) is 4.99 Å². The first-order chi connectivity index (χ1) is 14.4. The zero-order valence-electron chi connectivity index (χ0n) is 16.0. The number of furan rings is 1. The van der Waals surface area contributed by atoms with Gasteiger partial charge in [-0.2, -0.15) is 0 Å². The molecule has 154 valence electrons. The van der Waals surface area contributed by atoms with Gasteiger partial charge in [-0.25, -0.2) is 14.2 Å². The lowest BCUT2D eigenvalue weighted by atomic mass is 9.96. The number of aromatic nitrogens is 1. The average molecular weight is 491 g/mol. The lowest BCUT2D eigenvalue weighted by molar-refractivity contribution is -0.139. The number of nitrogens with zero attached hydrogens (tertiary/aromatic N) is 2. The van der Waals surface area contributed by atoms with Crippen LogP contribution in [0.25, 0.3) is 6.08 Å². The van der Waals surface area contributed by atoms with E-state index < -0.39 is 17.8 Å². The van der Waals surface area contributed by atoms with Crippen LogP contribution in [0.2, 0.25) is 0 Å². The number of fused-ring (bicyclic) bond motifs is 1. The Labute approximate surface area is 182 Å². The number of rotatable bonds is 4. The minimum Gasteiger partial charge on any atom is -0.463 e. The van der Waals surface area contributed by atoms with Gasteiger partial charge in [-0.3, -0.25) is 9.36 Å². The molecule has 3 aromatic rings. The van der Waals surface area contributed by atoms with Gasteiger partial charge in [0.05, 0.1) is 28.5 Å². The van der Waals surface area contributed by atoms with Gasteiger partial charge in [0.25, 0.3) is 5.56 Å². The second-order valence-electron chi connectivity index (χ2n) is 6.50. The van der Waals surface area contributed by atoms with Crippen molar-refractivity contribution >= 4 is 39.3 Å². The Kier molecular flexibility index (Phi) is 5.57. The first-order valence-electron chi connectivity index (χ1n) is 9.09. The van der Waals surface area contributed by atoms with Crippen LogP contribution in [0.15, 0.2) is 66.5 Å². The maximum atomic E-state index is 13.5. The zero-order valence-corrected chi connectivity index (χ0v) is 18.4. The van der Waals surface area contributed by atoms with Gasteiger partial charge in [0.2, 0.25) is 0 Å². The molecule has 0 N–H and O–H groups in total. The molecule has 0 fully saturated rings. The molecular formula is C21H16BrFN2O4S. The lowest BCUT2D eigenvalue weighted by Crippen LogP contribution is -2.39. The molecule has 0 saturated heterocycles. The van der Waals surface area contributed by atoms with Crippen LogP contribution in [-0.2, 0) is 9.53 Å². The molecule has 0 aliphatic carbocycles. The van der Waals surface area contributed by atoms with Gasteiger partial charge >= 0.3 is 5.97 Å². The Hall–Kier alpha value is -2.78. The maximum absolute atomic E-state index is 13.5. The highest BCUT2D eigenvalue weighted by Crippen LogP contribution is 2.30. The fraction of sp³-hybridized carbons (Fsp3) is 0.190. The molecule has 1 atom stereocenters. The maximum Gasteiger partial charge on any atom is 0.338 e. The van der Waals surface area contributed by atoms with Crippen molar-refractivity contribution in [2.75, 3.05) is 6.61 Å². The molecule has 0 radical (unpaired) electrons. The second kappa shape index (κ2) is 8.16. The van der Waals surface area contributed by atoms with E-state index in [9.17, 15) is 14.0 Å². The Bertz CT molecular complexity index is 1330. The SMILES string of the molecule is CCOC(=O)C1=C(C)N=c2s/c(=C\c3ccc(Br)o3)c(=O)n2[C@H]1c1ccc(F)cc1. The zero-order chi connectivity index (χ0) is 21.4. The van der Waals surface area contributed by atoms with Crippen LogP contribution in [-0.4, -0.2) is 17.1 Å². The van der Waals surface area contributed by atoms with Crippen molar-refractivity contribution in [1.82, 2.24) is 4.57 Å². The molecule has 0 saturated carbocycles. The van der Waals surface area contributed by atoms with Crippen LogP contribution in [0.1, 0.15) is 31.2 Å². The van der Waals surface area contributed by atoms with E-state index in [2.05, 4.69) is 20.9 Å². The molecular weight excluding hydrogens is 475 g/mol. The first-order valence-corrected chi connectivity index (χ1v) is 10.7. The molecule has 30 heavy (non-hydrogen) atoms. The molecule has 3 heterocycles. The van der Waals surface area contributed by atoms with Crippen LogP contribution in [0.3, 0.4) is 0 Å². The summed E-state index contributed by atoms with van der Waals surface area (Å²) in [4.78, 5) is 30.9. The van der Waals surface area contributed by atoms with Gasteiger partial charge in [0.15, 0.2) is 9.47 Å². The Morgan fingerprint density at radius 3 is 2.70 bits per heavy atom. The number of esters is 1. The van der Waals surface area contributed by atoms with Gasteiger partial charge in [-0.05, 0) is 59.6 Å². The van der Waals surface area contributed by atoms with Gasteiger partial charge in [0.1, 0.15) is 11.6 Å². The largest absolute Gasteiger partial charge is 0.463 e. The summed E-state index contributed by atoms with van der Waals surface area (Å²) in [6.07, 6.45) is 1.62. The summed E-state index contributed by atoms with van der Waals surface area (Å²) in [7, 11) is 0. The highest BCUT2D eigenvalue weighted by molar-refractivity contribution is 9.10. The van der Waals surface area contributed by atoms with Crippen LogP contribution >= 0.6 is 27.3 Å². The highest BCUT2D eigenvalue weighted by atomic mass is 79.9. The third kappa shape index (κ3) is 3.70. The van der Waals surface area contributed by atoms with Gasteiger partial charge in [-0.1, -0.05) is 23.5 Å². The number of ether oxygens (including phenoxy) is 1.